The summed E-state index contributed by atoms with van der Waals surface area (Å²) in [7, 11) is 0. The lowest BCUT2D eigenvalue weighted by Gasteiger charge is -2.14. The van der Waals surface area contributed by atoms with Gasteiger partial charge >= 0.3 is 0 Å². The van der Waals surface area contributed by atoms with Gasteiger partial charge in [-0.25, -0.2) is 4.98 Å². The predicted molar refractivity (Wildman–Crippen MR) is 121 cm³/mol. The van der Waals surface area contributed by atoms with Gasteiger partial charge in [-0.15, -0.1) is 11.3 Å². The highest BCUT2D eigenvalue weighted by Crippen LogP contribution is 2.40. The first-order valence-electron chi connectivity index (χ1n) is 9.76. The van der Waals surface area contributed by atoms with Gasteiger partial charge in [-0.2, -0.15) is 5.26 Å². The summed E-state index contributed by atoms with van der Waals surface area (Å²) in [6, 6.07) is 12.3. The van der Waals surface area contributed by atoms with Gasteiger partial charge in [0.2, 0.25) is 0 Å². The molecule has 3 aromatic rings. The van der Waals surface area contributed by atoms with Crippen LogP contribution in [-0.2, 0) is 19.4 Å². The Balaban J connectivity index is 1.73. The molecule has 0 amide bonds. The first kappa shape index (κ1) is 19.9. The van der Waals surface area contributed by atoms with E-state index < -0.39 is 0 Å². The first-order valence-corrected chi connectivity index (χ1v) is 11.4. The molecule has 2 N–H and O–H groups in total. The molecule has 4 rings (SSSR count). The number of rotatable bonds is 4. The average Bonchev–Trinajstić information content (AvgIpc) is 2.92. The number of nitriles is 1. The van der Waals surface area contributed by atoms with Gasteiger partial charge in [0, 0.05) is 26.6 Å². The van der Waals surface area contributed by atoms with Crippen LogP contribution in [0.15, 0.2) is 34.8 Å². The van der Waals surface area contributed by atoms with Crippen LogP contribution in [0, 0.1) is 18.3 Å². The summed E-state index contributed by atoms with van der Waals surface area (Å²) in [6.45, 7) is 2.58. The van der Waals surface area contributed by atoms with Crippen LogP contribution >= 0.6 is 27.3 Å². The number of fused-ring (bicyclic) bond motifs is 1. The molecule has 6 heteroatoms. The molecule has 0 spiro atoms. The van der Waals surface area contributed by atoms with Gasteiger partial charge < -0.3 is 10.5 Å². The van der Waals surface area contributed by atoms with Crippen LogP contribution in [0.3, 0.4) is 0 Å². The normalized spacial score (nSPS) is 13.4. The van der Waals surface area contributed by atoms with Crippen molar-refractivity contribution in [1.29, 1.82) is 5.26 Å². The lowest BCUT2D eigenvalue weighted by Crippen LogP contribution is -2.06. The number of aromatic nitrogens is 1. The number of nitrogen functional groups attached to an aromatic ring is 1. The van der Waals surface area contributed by atoms with Gasteiger partial charge in [0.25, 0.3) is 0 Å². The van der Waals surface area contributed by atoms with Crippen molar-refractivity contribution in [2.75, 3.05) is 5.73 Å². The Kier molecular flexibility index (Phi) is 5.89. The van der Waals surface area contributed by atoms with E-state index in [0.717, 1.165) is 57.6 Å². The average molecular weight is 468 g/mol. The number of halogens is 1. The van der Waals surface area contributed by atoms with Gasteiger partial charge in [-0.3, -0.25) is 0 Å². The number of hydrogen-bond acceptors (Lipinski definition) is 5. The fraction of sp³-hybridized carbons (Fsp3) is 0.304. The summed E-state index contributed by atoms with van der Waals surface area (Å²) >= 11 is 5.22. The quantitative estimate of drug-likeness (QED) is 0.464. The number of hydrogen-bond donors (Lipinski definition) is 1. The van der Waals surface area contributed by atoms with Crippen LogP contribution in [0.4, 0.5) is 5.82 Å². The topological polar surface area (TPSA) is 71.9 Å². The number of nitrogens with zero attached hydrogens (tertiary/aromatic N) is 2. The molecule has 2 aromatic heterocycles. The van der Waals surface area contributed by atoms with Crippen molar-refractivity contribution < 1.29 is 4.74 Å². The Labute approximate surface area is 183 Å². The monoisotopic (exact) mass is 467 g/mol. The lowest BCUT2D eigenvalue weighted by molar-refractivity contribution is 0.304. The van der Waals surface area contributed by atoms with Gasteiger partial charge in [0.05, 0.1) is 4.47 Å². The third-order valence-electron chi connectivity index (χ3n) is 5.35. The molecule has 0 saturated carbocycles. The zero-order valence-corrected chi connectivity index (χ0v) is 18.7. The van der Waals surface area contributed by atoms with E-state index in [9.17, 15) is 5.26 Å². The van der Waals surface area contributed by atoms with Gasteiger partial charge in [0.1, 0.15) is 29.8 Å². The first-order chi connectivity index (χ1) is 14.1. The summed E-state index contributed by atoms with van der Waals surface area (Å²) in [6.07, 6.45) is 5.32. The minimum absolute atomic E-state index is 0.347. The van der Waals surface area contributed by atoms with Crippen molar-refractivity contribution in [3.8, 4) is 22.3 Å². The van der Waals surface area contributed by atoms with Crippen molar-refractivity contribution in [2.24, 2.45) is 0 Å². The molecule has 0 saturated heterocycles. The second-order valence-corrected chi connectivity index (χ2v) is 9.37. The minimum atomic E-state index is 0.347. The minimum Gasteiger partial charge on any atom is -0.488 e. The maximum atomic E-state index is 9.80. The van der Waals surface area contributed by atoms with E-state index in [1.165, 1.54) is 16.9 Å². The molecule has 0 aliphatic heterocycles. The highest BCUT2D eigenvalue weighted by molar-refractivity contribution is 9.10. The second-order valence-electron chi connectivity index (χ2n) is 7.26. The number of para-hydroxylation sites is 1. The Morgan fingerprint density at radius 1 is 1.24 bits per heavy atom. The van der Waals surface area contributed by atoms with Crippen LogP contribution in [0.5, 0.6) is 5.75 Å². The van der Waals surface area contributed by atoms with E-state index in [2.05, 4.69) is 40.0 Å². The van der Waals surface area contributed by atoms with E-state index >= 15 is 0 Å². The molecule has 148 valence electrons. The van der Waals surface area contributed by atoms with Gasteiger partial charge in [0.15, 0.2) is 0 Å². The fourth-order valence-corrected chi connectivity index (χ4v) is 5.33. The zero-order valence-electron chi connectivity index (χ0n) is 16.3. The molecule has 4 nitrogen and oxygen atoms in total. The van der Waals surface area contributed by atoms with E-state index in [1.807, 2.05) is 24.3 Å². The number of aryl methyl sites for hydroxylation is 2. The summed E-state index contributed by atoms with van der Waals surface area (Å²) in [4.78, 5) is 6.84. The van der Waals surface area contributed by atoms with Gasteiger partial charge in [-0.05, 0) is 72.3 Å². The molecule has 0 unspecified atom stereocenters. The van der Waals surface area contributed by atoms with Crippen LogP contribution in [0.25, 0.3) is 10.4 Å². The number of pyridine rings is 1. The van der Waals surface area contributed by atoms with Crippen molar-refractivity contribution in [1.82, 2.24) is 4.98 Å². The van der Waals surface area contributed by atoms with Crippen LogP contribution in [0.1, 0.15) is 46.5 Å². The molecule has 1 aliphatic carbocycles. The molecule has 29 heavy (non-hydrogen) atoms. The SMILES string of the molecule is Cc1sc(-c2c(C#N)c(N)nc3c2CCCCC3)cc1COc1ccccc1Br. The fourth-order valence-electron chi connectivity index (χ4n) is 3.83. The molecular weight excluding hydrogens is 446 g/mol. The molecule has 2 heterocycles. The number of anilines is 1. The molecule has 0 atom stereocenters. The number of nitrogens with two attached hydrogens (primary N) is 1. The van der Waals surface area contributed by atoms with E-state index in [-0.39, 0.29) is 0 Å². The standard InChI is InChI=1S/C23H22BrN3OS/c1-14-15(13-28-20-10-6-5-8-18(20)24)11-21(29-14)22-16-7-3-2-4-9-19(16)27-23(26)17(22)12-25/h5-6,8,10-11H,2-4,7,9,13H2,1H3,(H2,26,27). The second kappa shape index (κ2) is 8.56. The summed E-state index contributed by atoms with van der Waals surface area (Å²) in [5.41, 5.74) is 11.1. The predicted octanol–water partition coefficient (Wildman–Crippen LogP) is 6.18. The molecule has 0 fully saturated rings. The highest BCUT2D eigenvalue weighted by Gasteiger charge is 2.23. The van der Waals surface area contributed by atoms with Crippen molar-refractivity contribution in [3.63, 3.8) is 0 Å². The van der Waals surface area contributed by atoms with Gasteiger partial charge in [-0.1, -0.05) is 18.6 Å². The third kappa shape index (κ3) is 4.03. The third-order valence-corrected chi connectivity index (χ3v) is 7.12. The summed E-state index contributed by atoms with van der Waals surface area (Å²) < 4.78 is 6.96. The summed E-state index contributed by atoms with van der Waals surface area (Å²) in [5.74, 6) is 1.17. The number of thiophene rings is 1. The zero-order chi connectivity index (χ0) is 20.4. The maximum Gasteiger partial charge on any atom is 0.142 e. The van der Waals surface area contributed by atoms with Crippen molar-refractivity contribution >= 4 is 33.1 Å². The van der Waals surface area contributed by atoms with Crippen LogP contribution in [0.2, 0.25) is 0 Å². The van der Waals surface area contributed by atoms with Crippen molar-refractivity contribution in [2.45, 2.75) is 45.6 Å². The van der Waals surface area contributed by atoms with Crippen LogP contribution in [-0.4, -0.2) is 4.98 Å². The highest BCUT2D eigenvalue weighted by atomic mass is 79.9. The smallest absolute Gasteiger partial charge is 0.142 e. The van der Waals surface area contributed by atoms with E-state index in [1.54, 1.807) is 11.3 Å². The Morgan fingerprint density at radius 2 is 2.03 bits per heavy atom. The number of ether oxygens (including phenoxy) is 1. The van der Waals surface area contributed by atoms with Crippen molar-refractivity contribution in [3.05, 3.63) is 62.1 Å². The molecule has 0 radical (unpaired) electrons. The molecule has 1 aromatic carbocycles. The molecule has 0 bridgehead atoms. The van der Waals surface area contributed by atoms with E-state index in [4.69, 9.17) is 10.5 Å². The lowest BCUT2D eigenvalue weighted by atomic mass is 9.95. The molecule has 1 aliphatic rings. The molecular formula is C23H22BrN3OS. The van der Waals surface area contributed by atoms with Crippen LogP contribution < -0.4 is 10.5 Å². The largest absolute Gasteiger partial charge is 0.488 e. The Hall–Kier alpha value is -2.36. The van der Waals surface area contributed by atoms with E-state index in [0.29, 0.717) is 18.0 Å². The summed E-state index contributed by atoms with van der Waals surface area (Å²) in [5, 5.41) is 9.80. The number of benzene rings is 1. The maximum absolute atomic E-state index is 9.80. The Bertz CT molecular complexity index is 1100. The Morgan fingerprint density at radius 3 is 2.83 bits per heavy atom.